The molecule has 6 heteroatoms. The van der Waals surface area contributed by atoms with Crippen molar-refractivity contribution < 1.29 is 9.90 Å². The maximum atomic E-state index is 11.2. The lowest BCUT2D eigenvalue weighted by atomic mass is 9.98. The van der Waals surface area contributed by atoms with Gasteiger partial charge in [-0.2, -0.15) is 0 Å². The molecule has 0 bridgehead atoms. The molecule has 0 spiro atoms. The highest BCUT2D eigenvalue weighted by Crippen LogP contribution is 2.32. The van der Waals surface area contributed by atoms with Gasteiger partial charge in [0.05, 0.1) is 11.6 Å². The Kier molecular flexibility index (Phi) is 3.44. The molecule has 104 valence electrons. The first-order chi connectivity index (χ1) is 9.56. The second-order valence-corrected chi connectivity index (χ2v) is 5.66. The SMILES string of the molecule is O=C(O)C1CCc2c(Cl)nc(-c3ccc(Cl)cc3)n2C1. The molecule has 1 aromatic heterocycles. The van der Waals surface area contributed by atoms with Crippen molar-refractivity contribution in [2.24, 2.45) is 5.92 Å². The van der Waals surface area contributed by atoms with Gasteiger partial charge in [-0.05, 0) is 37.1 Å². The van der Waals surface area contributed by atoms with Gasteiger partial charge in [0.1, 0.15) is 5.82 Å². The molecule has 0 amide bonds. The Bertz CT molecular complexity index is 665. The molecule has 3 rings (SSSR count). The quantitative estimate of drug-likeness (QED) is 0.923. The highest BCUT2D eigenvalue weighted by atomic mass is 35.5. The lowest BCUT2D eigenvalue weighted by Crippen LogP contribution is -2.26. The molecular formula is C14H12Cl2N2O2. The van der Waals surface area contributed by atoms with E-state index in [4.69, 9.17) is 23.2 Å². The number of halogens is 2. The van der Waals surface area contributed by atoms with E-state index in [1.165, 1.54) is 0 Å². The maximum absolute atomic E-state index is 11.2. The van der Waals surface area contributed by atoms with Gasteiger partial charge in [-0.15, -0.1) is 0 Å². The van der Waals surface area contributed by atoms with Crippen LogP contribution in [0.25, 0.3) is 11.4 Å². The predicted molar refractivity (Wildman–Crippen MR) is 77.1 cm³/mol. The van der Waals surface area contributed by atoms with Crippen LogP contribution in [0.15, 0.2) is 24.3 Å². The van der Waals surface area contributed by atoms with E-state index in [-0.39, 0.29) is 5.92 Å². The third-order valence-electron chi connectivity index (χ3n) is 3.61. The van der Waals surface area contributed by atoms with Crippen LogP contribution in [0.3, 0.4) is 0 Å². The summed E-state index contributed by atoms with van der Waals surface area (Å²) in [4.78, 5) is 15.6. The molecule has 1 atom stereocenters. The molecule has 1 aliphatic heterocycles. The zero-order valence-corrected chi connectivity index (χ0v) is 12.0. The number of rotatable bonds is 2. The van der Waals surface area contributed by atoms with Gasteiger partial charge in [-0.25, -0.2) is 4.98 Å². The highest BCUT2D eigenvalue weighted by Gasteiger charge is 2.28. The van der Waals surface area contributed by atoms with E-state index in [0.29, 0.717) is 35.4 Å². The van der Waals surface area contributed by atoms with Gasteiger partial charge < -0.3 is 9.67 Å². The Morgan fingerprint density at radius 3 is 2.65 bits per heavy atom. The Morgan fingerprint density at radius 2 is 2.00 bits per heavy atom. The number of carboxylic acids is 1. The minimum absolute atomic E-state index is 0.390. The van der Waals surface area contributed by atoms with Crippen molar-refractivity contribution in [1.29, 1.82) is 0 Å². The smallest absolute Gasteiger partial charge is 0.308 e. The average Bonchev–Trinajstić information content (AvgIpc) is 2.76. The van der Waals surface area contributed by atoms with Gasteiger partial charge in [0.2, 0.25) is 0 Å². The largest absolute Gasteiger partial charge is 0.481 e. The Labute approximate surface area is 126 Å². The second-order valence-electron chi connectivity index (χ2n) is 4.86. The molecule has 1 unspecified atom stereocenters. The van der Waals surface area contributed by atoms with E-state index in [1.807, 2.05) is 16.7 Å². The van der Waals surface area contributed by atoms with E-state index >= 15 is 0 Å². The number of benzene rings is 1. The van der Waals surface area contributed by atoms with Gasteiger partial charge >= 0.3 is 5.97 Å². The van der Waals surface area contributed by atoms with E-state index in [0.717, 1.165) is 11.3 Å². The lowest BCUT2D eigenvalue weighted by Gasteiger charge is -2.22. The summed E-state index contributed by atoms with van der Waals surface area (Å²) >= 11 is 12.0. The summed E-state index contributed by atoms with van der Waals surface area (Å²) in [5.41, 5.74) is 1.79. The number of aromatic nitrogens is 2. The molecule has 0 aliphatic carbocycles. The molecule has 1 aromatic carbocycles. The number of aliphatic carboxylic acids is 1. The topological polar surface area (TPSA) is 55.1 Å². The third-order valence-corrected chi connectivity index (χ3v) is 4.16. The molecule has 0 saturated carbocycles. The van der Waals surface area contributed by atoms with Crippen LogP contribution in [0, 0.1) is 5.92 Å². The molecule has 0 radical (unpaired) electrons. The molecule has 1 N–H and O–H groups in total. The summed E-state index contributed by atoms with van der Waals surface area (Å²) in [6, 6.07) is 7.28. The second kappa shape index (κ2) is 5.11. The van der Waals surface area contributed by atoms with Gasteiger partial charge in [-0.3, -0.25) is 4.79 Å². The fourth-order valence-electron chi connectivity index (χ4n) is 2.54. The number of fused-ring (bicyclic) bond motifs is 1. The molecule has 2 heterocycles. The Balaban J connectivity index is 2.05. The number of nitrogens with zero attached hydrogens (tertiary/aromatic N) is 2. The fourth-order valence-corrected chi connectivity index (χ4v) is 2.94. The van der Waals surface area contributed by atoms with Crippen molar-refractivity contribution in [3.63, 3.8) is 0 Å². The fraction of sp³-hybridized carbons (Fsp3) is 0.286. The molecule has 2 aromatic rings. The molecule has 1 aliphatic rings. The number of hydrogen-bond acceptors (Lipinski definition) is 2. The maximum Gasteiger partial charge on any atom is 0.308 e. The standard InChI is InChI=1S/C14H12Cl2N2O2/c15-10-4-1-8(2-5-10)13-17-12(16)11-6-3-9(14(19)20)7-18(11)13/h1-2,4-5,9H,3,6-7H2,(H,19,20). The monoisotopic (exact) mass is 310 g/mol. The van der Waals surface area contributed by atoms with Gasteiger partial charge in [0.15, 0.2) is 5.15 Å². The van der Waals surface area contributed by atoms with Gasteiger partial charge in [0, 0.05) is 17.1 Å². The summed E-state index contributed by atoms with van der Waals surface area (Å²) in [5.74, 6) is -0.464. The summed E-state index contributed by atoms with van der Waals surface area (Å²) in [5, 5.41) is 10.3. The number of imidazole rings is 1. The zero-order chi connectivity index (χ0) is 14.3. The van der Waals surface area contributed by atoms with Crippen LogP contribution in [0.2, 0.25) is 10.2 Å². The summed E-state index contributed by atoms with van der Waals surface area (Å²) in [6.45, 7) is 0.405. The van der Waals surface area contributed by atoms with Crippen LogP contribution in [0.4, 0.5) is 0 Å². The average molecular weight is 311 g/mol. The van der Waals surface area contributed by atoms with E-state index < -0.39 is 5.97 Å². The normalized spacial score (nSPS) is 17.8. The first-order valence-corrected chi connectivity index (χ1v) is 7.05. The summed E-state index contributed by atoms with van der Waals surface area (Å²) in [7, 11) is 0. The van der Waals surface area contributed by atoms with Crippen molar-refractivity contribution in [1.82, 2.24) is 9.55 Å². The minimum Gasteiger partial charge on any atom is -0.481 e. The minimum atomic E-state index is -0.775. The van der Waals surface area contributed by atoms with E-state index in [9.17, 15) is 9.90 Å². The molecule has 20 heavy (non-hydrogen) atoms. The molecule has 0 saturated heterocycles. The van der Waals surface area contributed by atoms with Crippen LogP contribution in [-0.4, -0.2) is 20.6 Å². The van der Waals surface area contributed by atoms with Crippen LogP contribution in [-0.2, 0) is 17.8 Å². The lowest BCUT2D eigenvalue weighted by molar-refractivity contribution is -0.142. The van der Waals surface area contributed by atoms with Crippen molar-refractivity contribution in [3.8, 4) is 11.4 Å². The van der Waals surface area contributed by atoms with Crippen molar-refractivity contribution in [2.75, 3.05) is 0 Å². The van der Waals surface area contributed by atoms with Crippen LogP contribution >= 0.6 is 23.2 Å². The first kappa shape index (κ1) is 13.5. The summed E-state index contributed by atoms with van der Waals surface area (Å²) in [6.07, 6.45) is 1.23. The third kappa shape index (κ3) is 2.30. The molecule has 4 nitrogen and oxygen atoms in total. The van der Waals surface area contributed by atoms with Crippen LogP contribution in [0.5, 0.6) is 0 Å². The van der Waals surface area contributed by atoms with Gasteiger partial charge in [-0.1, -0.05) is 23.2 Å². The van der Waals surface area contributed by atoms with Crippen LogP contribution < -0.4 is 0 Å². The first-order valence-electron chi connectivity index (χ1n) is 6.30. The highest BCUT2D eigenvalue weighted by molar-refractivity contribution is 6.31. The number of carboxylic acid groups (broad SMARTS) is 1. The van der Waals surface area contributed by atoms with Crippen molar-refractivity contribution in [3.05, 3.63) is 40.1 Å². The van der Waals surface area contributed by atoms with E-state index in [1.54, 1.807) is 12.1 Å². The van der Waals surface area contributed by atoms with Crippen molar-refractivity contribution in [2.45, 2.75) is 19.4 Å². The van der Waals surface area contributed by atoms with Crippen LogP contribution in [0.1, 0.15) is 12.1 Å². The molecular weight excluding hydrogens is 299 g/mol. The summed E-state index contributed by atoms with van der Waals surface area (Å²) < 4.78 is 1.91. The Hall–Kier alpha value is -1.52. The zero-order valence-electron chi connectivity index (χ0n) is 10.5. The number of hydrogen-bond donors (Lipinski definition) is 1. The number of carbonyl (C=O) groups is 1. The van der Waals surface area contributed by atoms with E-state index in [2.05, 4.69) is 4.98 Å². The van der Waals surface area contributed by atoms with Gasteiger partial charge in [0.25, 0.3) is 0 Å². The Morgan fingerprint density at radius 1 is 1.30 bits per heavy atom. The predicted octanol–water partition coefficient (Wildman–Crippen LogP) is 3.50. The van der Waals surface area contributed by atoms with Crippen molar-refractivity contribution >= 4 is 29.2 Å². The molecule has 0 fully saturated rings.